The number of rotatable bonds is 2. The Hall–Kier alpha value is -0.150. The molecular formula is C11H20FNO. The standard InChI is InChI=1S/C11H20FNO/c1-8(2)10-3-4-13(5-11(10)12)9-6-14-7-9/h8-11H,3-7H2,1-2H3/t10-,11-/m1/s1. The Morgan fingerprint density at radius 1 is 1.36 bits per heavy atom. The van der Waals surface area contributed by atoms with Gasteiger partial charge in [0.05, 0.1) is 19.3 Å². The van der Waals surface area contributed by atoms with Crippen molar-refractivity contribution in [2.45, 2.75) is 32.5 Å². The van der Waals surface area contributed by atoms with Gasteiger partial charge in [0.2, 0.25) is 0 Å². The molecule has 0 aliphatic carbocycles. The van der Waals surface area contributed by atoms with Crippen molar-refractivity contribution in [2.75, 3.05) is 26.3 Å². The predicted molar refractivity (Wildman–Crippen MR) is 54.0 cm³/mol. The van der Waals surface area contributed by atoms with E-state index in [1.807, 2.05) is 0 Å². The molecule has 2 aliphatic rings. The highest BCUT2D eigenvalue weighted by Crippen LogP contribution is 2.29. The summed E-state index contributed by atoms with van der Waals surface area (Å²) in [7, 11) is 0. The van der Waals surface area contributed by atoms with Gasteiger partial charge in [0.15, 0.2) is 0 Å². The van der Waals surface area contributed by atoms with Crippen molar-refractivity contribution >= 4 is 0 Å². The van der Waals surface area contributed by atoms with Gasteiger partial charge in [-0.1, -0.05) is 13.8 Å². The van der Waals surface area contributed by atoms with Crippen molar-refractivity contribution in [1.82, 2.24) is 4.90 Å². The molecule has 0 aromatic heterocycles. The van der Waals surface area contributed by atoms with Crippen molar-refractivity contribution in [3.63, 3.8) is 0 Å². The number of ether oxygens (including phenoxy) is 1. The zero-order valence-corrected chi connectivity index (χ0v) is 9.08. The summed E-state index contributed by atoms with van der Waals surface area (Å²) in [4.78, 5) is 2.26. The molecule has 2 rings (SSSR count). The van der Waals surface area contributed by atoms with E-state index in [4.69, 9.17) is 4.74 Å². The van der Waals surface area contributed by atoms with Crippen LogP contribution in [0.3, 0.4) is 0 Å². The van der Waals surface area contributed by atoms with Crippen LogP contribution in [0.1, 0.15) is 20.3 Å². The Morgan fingerprint density at radius 3 is 2.50 bits per heavy atom. The van der Waals surface area contributed by atoms with E-state index in [0.29, 0.717) is 18.5 Å². The molecule has 3 heteroatoms. The molecule has 14 heavy (non-hydrogen) atoms. The second kappa shape index (κ2) is 4.15. The smallest absolute Gasteiger partial charge is 0.116 e. The summed E-state index contributed by atoms with van der Waals surface area (Å²) in [6, 6.07) is 0.501. The molecule has 0 aromatic rings. The molecule has 2 nitrogen and oxygen atoms in total. The van der Waals surface area contributed by atoms with E-state index in [1.165, 1.54) is 0 Å². The average Bonchev–Trinajstić information content (AvgIpc) is 2.00. The van der Waals surface area contributed by atoms with Gasteiger partial charge < -0.3 is 4.74 Å². The number of likely N-dealkylation sites (tertiary alicyclic amines) is 1. The van der Waals surface area contributed by atoms with E-state index < -0.39 is 6.17 Å². The number of piperidine rings is 1. The minimum atomic E-state index is -0.635. The lowest BCUT2D eigenvalue weighted by Gasteiger charge is -2.43. The molecule has 0 N–H and O–H groups in total. The van der Waals surface area contributed by atoms with E-state index in [-0.39, 0.29) is 5.92 Å². The fourth-order valence-electron chi connectivity index (χ4n) is 2.46. The van der Waals surface area contributed by atoms with E-state index in [9.17, 15) is 4.39 Å². The molecular weight excluding hydrogens is 181 g/mol. The monoisotopic (exact) mass is 201 g/mol. The van der Waals surface area contributed by atoms with Gasteiger partial charge in [-0.15, -0.1) is 0 Å². The Bertz CT molecular complexity index is 194. The Morgan fingerprint density at radius 2 is 2.07 bits per heavy atom. The van der Waals surface area contributed by atoms with Crippen molar-refractivity contribution in [3.8, 4) is 0 Å². The molecule has 0 saturated carbocycles. The SMILES string of the molecule is CC(C)[C@H]1CCN(C2COC2)C[C@H]1F. The molecule has 0 radical (unpaired) electrons. The molecule has 2 atom stereocenters. The Balaban J connectivity index is 1.85. The fourth-order valence-corrected chi connectivity index (χ4v) is 2.46. The maximum Gasteiger partial charge on any atom is 0.116 e. The van der Waals surface area contributed by atoms with Crippen LogP contribution in [-0.2, 0) is 4.74 Å². The summed E-state index contributed by atoms with van der Waals surface area (Å²) in [6.45, 7) is 7.53. The summed E-state index contributed by atoms with van der Waals surface area (Å²) >= 11 is 0. The van der Waals surface area contributed by atoms with Crippen LogP contribution >= 0.6 is 0 Å². The zero-order valence-electron chi connectivity index (χ0n) is 9.08. The summed E-state index contributed by atoms with van der Waals surface area (Å²) < 4.78 is 18.9. The largest absolute Gasteiger partial charge is 0.378 e. The summed E-state index contributed by atoms with van der Waals surface area (Å²) in [5.41, 5.74) is 0. The topological polar surface area (TPSA) is 12.5 Å². The van der Waals surface area contributed by atoms with Crippen molar-refractivity contribution in [2.24, 2.45) is 11.8 Å². The molecule has 0 amide bonds. The first-order chi connectivity index (χ1) is 6.68. The molecule has 0 unspecified atom stereocenters. The first kappa shape index (κ1) is 10.4. The Kier molecular flexibility index (Phi) is 3.07. The van der Waals surface area contributed by atoms with Gasteiger partial charge in [0.1, 0.15) is 6.17 Å². The molecule has 0 bridgehead atoms. The summed E-state index contributed by atoms with van der Waals surface area (Å²) in [5.74, 6) is 0.747. The van der Waals surface area contributed by atoms with Crippen LogP contribution < -0.4 is 0 Å². The lowest BCUT2D eigenvalue weighted by molar-refractivity contribution is -0.0883. The van der Waals surface area contributed by atoms with E-state index in [0.717, 1.165) is 26.2 Å². The highest BCUT2D eigenvalue weighted by molar-refractivity contribution is 4.87. The maximum absolute atomic E-state index is 13.8. The number of nitrogens with zero attached hydrogens (tertiary/aromatic N) is 1. The number of halogens is 1. The number of alkyl halides is 1. The van der Waals surface area contributed by atoms with Crippen LogP contribution in [0.25, 0.3) is 0 Å². The average molecular weight is 201 g/mol. The minimum absolute atomic E-state index is 0.271. The van der Waals surface area contributed by atoms with E-state index >= 15 is 0 Å². The third-order valence-electron chi connectivity index (χ3n) is 3.62. The quantitative estimate of drug-likeness (QED) is 0.674. The maximum atomic E-state index is 13.8. The van der Waals surface area contributed by atoms with Crippen molar-refractivity contribution < 1.29 is 9.13 Å². The highest BCUT2D eigenvalue weighted by Gasteiger charge is 2.36. The molecule has 2 heterocycles. The molecule has 82 valence electrons. The van der Waals surface area contributed by atoms with Crippen LogP contribution in [0.5, 0.6) is 0 Å². The second-order valence-electron chi connectivity index (χ2n) is 4.90. The zero-order chi connectivity index (χ0) is 10.1. The Labute approximate surface area is 85.4 Å². The predicted octanol–water partition coefficient (Wildman–Crippen LogP) is 1.70. The van der Waals surface area contributed by atoms with Gasteiger partial charge in [-0.25, -0.2) is 4.39 Å². The van der Waals surface area contributed by atoms with Gasteiger partial charge in [-0.3, -0.25) is 4.90 Å². The van der Waals surface area contributed by atoms with Crippen LogP contribution in [-0.4, -0.2) is 43.4 Å². The molecule has 2 saturated heterocycles. The van der Waals surface area contributed by atoms with Gasteiger partial charge in [-0.2, -0.15) is 0 Å². The van der Waals surface area contributed by atoms with Gasteiger partial charge in [0, 0.05) is 6.54 Å². The highest BCUT2D eigenvalue weighted by atomic mass is 19.1. The minimum Gasteiger partial charge on any atom is -0.378 e. The van der Waals surface area contributed by atoms with Crippen LogP contribution in [0, 0.1) is 11.8 Å². The van der Waals surface area contributed by atoms with Gasteiger partial charge in [0.25, 0.3) is 0 Å². The van der Waals surface area contributed by atoms with Crippen LogP contribution in [0.4, 0.5) is 4.39 Å². The second-order valence-corrected chi connectivity index (χ2v) is 4.90. The van der Waals surface area contributed by atoms with Crippen molar-refractivity contribution in [1.29, 1.82) is 0 Å². The third-order valence-corrected chi connectivity index (χ3v) is 3.62. The molecule has 0 aromatic carbocycles. The molecule has 0 spiro atoms. The fraction of sp³-hybridized carbons (Fsp3) is 1.00. The number of hydrogen-bond donors (Lipinski definition) is 0. The normalized spacial score (nSPS) is 36.0. The van der Waals surface area contributed by atoms with E-state index in [2.05, 4.69) is 18.7 Å². The van der Waals surface area contributed by atoms with Crippen LogP contribution in [0.15, 0.2) is 0 Å². The summed E-state index contributed by atoms with van der Waals surface area (Å²) in [6.07, 6.45) is 0.374. The lowest BCUT2D eigenvalue weighted by atomic mass is 9.84. The third kappa shape index (κ3) is 1.94. The molecule has 2 fully saturated rings. The van der Waals surface area contributed by atoms with Crippen LogP contribution in [0.2, 0.25) is 0 Å². The van der Waals surface area contributed by atoms with Crippen molar-refractivity contribution in [3.05, 3.63) is 0 Å². The van der Waals surface area contributed by atoms with Gasteiger partial charge in [-0.05, 0) is 24.8 Å². The first-order valence-electron chi connectivity index (χ1n) is 5.64. The number of hydrogen-bond acceptors (Lipinski definition) is 2. The summed E-state index contributed by atoms with van der Waals surface area (Å²) in [5, 5.41) is 0. The lowest BCUT2D eigenvalue weighted by Crippen LogP contribution is -2.55. The first-order valence-corrected chi connectivity index (χ1v) is 5.64. The van der Waals surface area contributed by atoms with E-state index in [1.54, 1.807) is 0 Å². The molecule has 2 aliphatic heterocycles. The van der Waals surface area contributed by atoms with Gasteiger partial charge >= 0.3 is 0 Å².